The second-order valence-electron chi connectivity index (χ2n) is 8.86. The maximum Gasteiger partial charge on any atom is 0.221 e. The van der Waals surface area contributed by atoms with E-state index in [1.54, 1.807) is 0 Å². The number of amides is 1. The maximum atomic E-state index is 11.6. The number of guanidine groups is 1. The highest BCUT2D eigenvalue weighted by Crippen LogP contribution is 2.19. The van der Waals surface area contributed by atoms with Crippen molar-refractivity contribution in [2.45, 2.75) is 25.9 Å². The van der Waals surface area contributed by atoms with Crippen LogP contribution in [0.15, 0.2) is 53.7 Å². The molecule has 1 amide bonds. The number of piperidine rings is 1. The Morgan fingerprint density at radius 1 is 1.12 bits per heavy atom. The lowest BCUT2D eigenvalue weighted by atomic mass is 9.97. The van der Waals surface area contributed by atoms with E-state index in [2.05, 4.69) is 60.3 Å². The summed E-state index contributed by atoms with van der Waals surface area (Å²) in [7, 11) is 1.84. The zero-order valence-electron chi connectivity index (χ0n) is 19.5. The molecule has 8 nitrogen and oxygen atoms in total. The molecule has 2 saturated heterocycles. The third-order valence-electron chi connectivity index (χ3n) is 6.52. The molecule has 3 N–H and O–H groups in total. The number of hydrogen-bond donors (Lipinski definition) is 2. The van der Waals surface area contributed by atoms with E-state index in [0.717, 1.165) is 77.0 Å². The van der Waals surface area contributed by atoms with Crippen LogP contribution in [0.1, 0.15) is 24.0 Å². The molecule has 0 saturated carbocycles. The van der Waals surface area contributed by atoms with Crippen molar-refractivity contribution in [2.24, 2.45) is 16.6 Å². The van der Waals surface area contributed by atoms with Crippen LogP contribution in [0.4, 0.5) is 5.82 Å². The van der Waals surface area contributed by atoms with Crippen molar-refractivity contribution in [1.29, 1.82) is 0 Å². The third kappa shape index (κ3) is 6.22. The Morgan fingerprint density at radius 2 is 1.94 bits per heavy atom. The summed E-state index contributed by atoms with van der Waals surface area (Å²) in [6, 6.07) is 14.7. The number of piperazine rings is 1. The van der Waals surface area contributed by atoms with Crippen molar-refractivity contribution >= 4 is 17.7 Å². The summed E-state index contributed by atoms with van der Waals surface area (Å²) >= 11 is 0. The zero-order chi connectivity index (χ0) is 23.0. The van der Waals surface area contributed by atoms with Crippen molar-refractivity contribution in [3.63, 3.8) is 0 Å². The summed E-state index contributed by atoms with van der Waals surface area (Å²) in [5, 5.41) is 3.53. The largest absolute Gasteiger partial charge is 0.369 e. The van der Waals surface area contributed by atoms with Gasteiger partial charge in [0.15, 0.2) is 5.96 Å². The van der Waals surface area contributed by atoms with Gasteiger partial charge in [-0.3, -0.25) is 14.7 Å². The van der Waals surface area contributed by atoms with Gasteiger partial charge >= 0.3 is 0 Å². The van der Waals surface area contributed by atoms with E-state index in [9.17, 15) is 4.79 Å². The van der Waals surface area contributed by atoms with Crippen molar-refractivity contribution in [1.82, 2.24) is 20.1 Å². The lowest BCUT2D eigenvalue weighted by molar-refractivity contribution is -0.123. The van der Waals surface area contributed by atoms with Gasteiger partial charge in [0, 0.05) is 59.1 Å². The second kappa shape index (κ2) is 11.1. The van der Waals surface area contributed by atoms with Gasteiger partial charge in [-0.15, -0.1) is 0 Å². The Morgan fingerprint density at radius 3 is 2.67 bits per heavy atom. The fourth-order valence-electron chi connectivity index (χ4n) is 4.73. The van der Waals surface area contributed by atoms with Crippen molar-refractivity contribution in [3.05, 3.63) is 59.8 Å². The quantitative estimate of drug-likeness (QED) is 0.515. The van der Waals surface area contributed by atoms with Gasteiger partial charge in [0.05, 0.1) is 5.92 Å². The van der Waals surface area contributed by atoms with Crippen molar-refractivity contribution in [2.75, 3.05) is 51.2 Å². The standard InChI is InChI=1S/C25H35N7O/c1-27-25(32-14-12-31(13-15-32)23-9-2-3-10-28-23)29-17-20-6-4-7-21(16-20)18-30-11-5-8-22(19-30)24(26)33/h2-4,6-7,9-10,16,22H,5,8,11-15,17-19H2,1H3,(H2,26,33)(H,27,29). The summed E-state index contributed by atoms with van der Waals surface area (Å²) in [4.78, 5) is 27.5. The van der Waals surface area contributed by atoms with E-state index in [1.807, 2.05) is 25.4 Å². The van der Waals surface area contributed by atoms with Gasteiger partial charge in [0.1, 0.15) is 5.82 Å². The predicted molar refractivity (Wildman–Crippen MR) is 132 cm³/mol. The number of pyridine rings is 1. The number of rotatable bonds is 6. The monoisotopic (exact) mass is 449 g/mol. The van der Waals surface area contributed by atoms with E-state index in [4.69, 9.17) is 5.73 Å². The molecule has 0 spiro atoms. The number of carbonyl (C=O) groups is 1. The van der Waals surface area contributed by atoms with Gasteiger partial charge in [-0.1, -0.05) is 30.3 Å². The molecule has 1 atom stereocenters. The Bertz CT molecular complexity index is 941. The van der Waals surface area contributed by atoms with Crippen LogP contribution in [0, 0.1) is 5.92 Å². The number of benzene rings is 1. The molecule has 4 rings (SSSR count). The molecule has 3 heterocycles. The van der Waals surface area contributed by atoms with Gasteiger partial charge in [-0.05, 0) is 42.6 Å². The van der Waals surface area contributed by atoms with Gasteiger partial charge in [0.2, 0.25) is 5.91 Å². The average molecular weight is 450 g/mol. The van der Waals surface area contributed by atoms with Crippen molar-refractivity contribution < 1.29 is 4.79 Å². The molecule has 176 valence electrons. The van der Waals surface area contributed by atoms with Gasteiger partial charge < -0.3 is 20.9 Å². The Kier molecular flexibility index (Phi) is 7.78. The van der Waals surface area contributed by atoms with Crippen LogP contribution in [0.5, 0.6) is 0 Å². The van der Waals surface area contributed by atoms with Gasteiger partial charge in [0.25, 0.3) is 0 Å². The molecule has 8 heteroatoms. The number of hydrogen-bond acceptors (Lipinski definition) is 5. The molecule has 2 aliphatic rings. The molecular formula is C25H35N7O. The first-order valence-corrected chi connectivity index (χ1v) is 11.8. The summed E-state index contributed by atoms with van der Waals surface area (Å²) < 4.78 is 0. The second-order valence-corrected chi connectivity index (χ2v) is 8.86. The first-order chi connectivity index (χ1) is 16.1. The minimum Gasteiger partial charge on any atom is -0.369 e. The highest BCUT2D eigenvalue weighted by Gasteiger charge is 2.24. The highest BCUT2D eigenvalue weighted by atomic mass is 16.1. The van der Waals surface area contributed by atoms with Gasteiger partial charge in [-0.2, -0.15) is 0 Å². The summed E-state index contributed by atoms with van der Waals surface area (Å²) in [5.41, 5.74) is 8.02. The topological polar surface area (TPSA) is 90.1 Å². The van der Waals surface area contributed by atoms with Crippen LogP contribution in [-0.2, 0) is 17.9 Å². The van der Waals surface area contributed by atoms with Gasteiger partial charge in [-0.25, -0.2) is 4.98 Å². The number of nitrogens with zero attached hydrogens (tertiary/aromatic N) is 5. The molecule has 0 aliphatic carbocycles. The molecule has 2 aliphatic heterocycles. The van der Waals surface area contributed by atoms with Crippen LogP contribution in [0.3, 0.4) is 0 Å². The number of aromatic nitrogens is 1. The first kappa shape index (κ1) is 23.0. The average Bonchev–Trinajstić information content (AvgIpc) is 2.86. The molecular weight excluding hydrogens is 414 g/mol. The van der Waals surface area contributed by atoms with Crippen LogP contribution in [-0.4, -0.2) is 73.0 Å². The summed E-state index contributed by atoms with van der Waals surface area (Å²) in [6.45, 7) is 7.02. The molecule has 1 aromatic heterocycles. The lowest BCUT2D eigenvalue weighted by Crippen LogP contribution is -2.52. The number of nitrogens with one attached hydrogen (secondary N) is 1. The molecule has 33 heavy (non-hydrogen) atoms. The number of aliphatic imine (C=N–C) groups is 1. The lowest BCUT2D eigenvalue weighted by Gasteiger charge is -2.37. The SMILES string of the molecule is CN=C(NCc1cccc(CN2CCCC(C(N)=O)C2)c1)N1CCN(c2ccccn2)CC1. The number of primary amides is 1. The van der Waals surface area contributed by atoms with E-state index in [1.165, 1.54) is 11.1 Å². The number of nitrogens with two attached hydrogens (primary N) is 1. The molecule has 0 bridgehead atoms. The minimum atomic E-state index is -0.176. The number of likely N-dealkylation sites (tertiary alicyclic amines) is 1. The molecule has 1 unspecified atom stereocenters. The first-order valence-electron chi connectivity index (χ1n) is 11.8. The van der Waals surface area contributed by atoms with E-state index >= 15 is 0 Å². The minimum absolute atomic E-state index is 0.0231. The smallest absolute Gasteiger partial charge is 0.221 e. The van der Waals surface area contributed by atoms with Crippen LogP contribution in [0.25, 0.3) is 0 Å². The number of carbonyl (C=O) groups excluding carboxylic acids is 1. The fourth-order valence-corrected chi connectivity index (χ4v) is 4.73. The normalized spacial score (nSPS) is 20.0. The Labute approximate surface area is 196 Å². The maximum absolute atomic E-state index is 11.6. The van der Waals surface area contributed by atoms with E-state index in [0.29, 0.717) is 0 Å². The molecule has 0 radical (unpaired) electrons. The Hall–Kier alpha value is -3.13. The molecule has 2 fully saturated rings. The zero-order valence-corrected chi connectivity index (χ0v) is 19.5. The summed E-state index contributed by atoms with van der Waals surface area (Å²) in [5.74, 6) is 1.77. The van der Waals surface area contributed by atoms with Crippen LogP contribution < -0.4 is 16.0 Å². The van der Waals surface area contributed by atoms with Crippen LogP contribution >= 0.6 is 0 Å². The highest BCUT2D eigenvalue weighted by molar-refractivity contribution is 5.80. The van der Waals surface area contributed by atoms with Crippen molar-refractivity contribution in [3.8, 4) is 0 Å². The predicted octanol–water partition coefficient (Wildman–Crippen LogP) is 1.68. The van der Waals surface area contributed by atoms with E-state index in [-0.39, 0.29) is 11.8 Å². The third-order valence-corrected chi connectivity index (χ3v) is 6.52. The molecule has 1 aromatic carbocycles. The Balaban J connectivity index is 1.28. The summed E-state index contributed by atoms with van der Waals surface area (Å²) in [6.07, 6.45) is 3.78. The number of anilines is 1. The van der Waals surface area contributed by atoms with Crippen LogP contribution in [0.2, 0.25) is 0 Å². The van der Waals surface area contributed by atoms with E-state index < -0.39 is 0 Å². The molecule has 2 aromatic rings. The fraction of sp³-hybridized carbons (Fsp3) is 0.480.